The van der Waals surface area contributed by atoms with Crippen LogP contribution in [-0.4, -0.2) is 20.9 Å². The zero-order valence-corrected chi connectivity index (χ0v) is 16.6. The van der Waals surface area contributed by atoms with Gasteiger partial charge in [-0.15, -0.1) is 0 Å². The summed E-state index contributed by atoms with van der Waals surface area (Å²) >= 11 is 0. The molecule has 0 bridgehead atoms. The van der Waals surface area contributed by atoms with Crippen LogP contribution in [0.5, 0.6) is 0 Å². The number of fused-ring (bicyclic) bond motifs is 2. The van der Waals surface area contributed by atoms with Gasteiger partial charge in [0, 0.05) is 30.8 Å². The predicted molar refractivity (Wildman–Crippen MR) is 117 cm³/mol. The van der Waals surface area contributed by atoms with Crippen LogP contribution in [0.15, 0.2) is 65.8 Å². The molecule has 0 radical (unpaired) electrons. The van der Waals surface area contributed by atoms with Gasteiger partial charge in [-0.2, -0.15) is 0 Å². The van der Waals surface area contributed by atoms with E-state index in [-0.39, 0.29) is 5.56 Å². The molecule has 5 nitrogen and oxygen atoms in total. The van der Waals surface area contributed by atoms with Crippen molar-refractivity contribution in [1.29, 1.82) is 0 Å². The fraction of sp³-hybridized carbons (Fsp3) is 0.250. The Hall–Kier alpha value is -3.34. The first kappa shape index (κ1) is 17.7. The van der Waals surface area contributed by atoms with Crippen molar-refractivity contribution in [3.63, 3.8) is 0 Å². The van der Waals surface area contributed by atoms with Gasteiger partial charge < -0.3 is 9.88 Å². The molecule has 0 amide bonds. The van der Waals surface area contributed by atoms with Crippen LogP contribution in [-0.2, 0) is 12.8 Å². The van der Waals surface area contributed by atoms with Crippen molar-refractivity contribution in [2.24, 2.45) is 0 Å². The molecule has 1 aliphatic rings. The van der Waals surface area contributed by atoms with Crippen LogP contribution in [0.25, 0.3) is 16.8 Å². The van der Waals surface area contributed by atoms with Crippen molar-refractivity contribution in [2.45, 2.75) is 32.6 Å². The number of H-pyrrole nitrogens is 1. The molecule has 4 aromatic rings. The molecular formula is C24H24N4O. The Kier molecular flexibility index (Phi) is 4.43. The molecule has 5 heteroatoms. The lowest BCUT2D eigenvalue weighted by molar-refractivity contribution is 0.774. The van der Waals surface area contributed by atoms with Crippen LogP contribution in [0.4, 0.5) is 11.4 Å². The second-order valence-corrected chi connectivity index (χ2v) is 7.59. The Labute approximate surface area is 169 Å². The molecule has 3 aromatic heterocycles. The van der Waals surface area contributed by atoms with Gasteiger partial charge in [0.05, 0.1) is 16.9 Å². The summed E-state index contributed by atoms with van der Waals surface area (Å²) in [5.74, 6) is 0. The SMILES string of the molecule is CCCCc1nc2ccccn2c(=O)c1-c1ccc2c(c1)CCN2c1cc[nH]c1. The first-order valence-corrected chi connectivity index (χ1v) is 10.3. The average Bonchev–Trinajstić information content (AvgIpc) is 3.41. The summed E-state index contributed by atoms with van der Waals surface area (Å²) in [6, 6.07) is 14.2. The molecule has 0 aliphatic carbocycles. The van der Waals surface area contributed by atoms with E-state index in [1.54, 1.807) is 10.6 Å². The Morgan fingerprint density at radius 3 is 2.93 bits per heavy atom. The van der Waals surface area contributed by atoms with Crippen LogP contribution in [0, 0.1) is 0 Å². The molecule has 0 saturated heterocycles. The van der Waals surface area contributed by atoms with Gasteiger partial charge in [0.2, 0.25) is 0 Å². The van der Waals surface area contributed by atoms with Gasteiger partial charge in [0.1, 0.15) is 5.65 Å². The Morgan fingerprint density at radius 1 is 1.17 bits per heavy atom. The second-order valence-electron chi connectivity index (χ2n) is 7.59. The molecule has 0 spiro atoms. The molecule has 0 fully saturated rings. The van der Waals surface area contributed by atoms with Gasteiger partial charge in [0.25, 0.3) is 5.56 Å². The highest BCUT2D eigenvalue weighted by Crippen LogP contribution is 2.36. The summed E-state index contributed by atoms with van der Waals surface area (Å²) in [7, 11) is 0. The van der Waals surface area contributed by atoms with E-state index >= 15 is 0 Å². The van der Waals surface area contributed by atoms with Gasteiger partial charge in [-0.3, -0.25) is 9.20 Å². The normalized spacial score (nSPS) is 13.2. The maximum absolute atomic E-state index is 13.4. The lowest BCUT2D eigenvalue weighted by atomic mass is 9.99. The lowest BCUT2D eigenvalue weighted by Gasteiger charge is -2.18. The molecular weight excluding hydrogens is 360 g/mol. The Bertz CT molecular complexity index is 1220. The summed E-state index contributed by atoms with van der Waals surface area (Å²) in [5, 5.41) is 0. The molecule has 5 rings (SSSR count). The topological polar surface area (TPSA) is 53.4 Å². The quantitative estimate of drug-likeness (QED) is 0.541. The second kappa shape index (κ2) is 7.24. The smallest absolute Gasteiger partial charge is 0.265 e. The minimum absolute atomic E-state index is 0.0159. The molecule has 29 heavy (non-hydrogen) atoms. The molecule has 1 aliphatic heterocycles. The zero-order valence-electron chi connectivity index (χ0n) is 16.6. The third-order valence-electron chi connectivity index (χ3n) is 5.73. The van der Waals surface area contributed by atoms with Crippen molar-refractivity contribution < 1.29 is 0 Å². The summed E-state index contributed by atoms with van der Waals surface area (Å²) in [6.45, 7) is 3.12. The minimum atomic E-state index is 0.0159. The van der Waals surface area contributed by atoms with Crippen molar-refractivity contribution in [1.82, 2.24) is 14.4 Å². The highest BCUT2D eigenvalue weighted by molar-refractivity contribution is 5.76. The first-order chi connectivity index (χ1) is 14.3. The van der Waals surface area contributed by atoms with E-state index in [1.165, 1.54) is 16.9 Å². The molecule has 0 unspecified atom stereocenters. The number of aromatic amines is 1. The number of aryl methyl sites for hydroxylation is 1. The highest BCUT2D eigenvalue weighted by Gasteiger charge is 2.23. The fourth-order valence-electron chi connectivity index (χ4n) is 4.26. The minimum Gasteiger partial charge on any atom is -0.366 e. The molecule has 0 atom stereocenters. The number of nitrogens with one attached hydrogen (secondary N) is 1. The van der Waals surface area contributed by atoms with Gasteiger partial charge in [-0.1, -0.05) is 25.5 Å². The van der Waals surface area contributed by atoms with E-state index in [0.29, 0.717) is 5.65 Å². The van der Waals surface area contributed by atoms with E-state index in [4.69, 9.17) is 4.98 Å². The fourth-order valence-corrected chi connectivity index (χ4v) is 4.26. The number of nitrogens with zero attached hydrogens (tertiary/aromatic N) is 3. The van der Waals surface area contributed by atoms with E-state index < -0.39 is 0 Å². The molecule has 1 aromatic carbocycles. The number of hydrogen-bond acceptors (Lipinski definition) is 3. The number of anilines is 2. The monoisotopic (exact) mass is 384 g/mol. The summed E-state index contributed by atoms with van der Waals surface area (Å²) in [6.07, 6.45) is 9.66. The largest absolute Gasteiger partial charge is 0.366 e. The molecule has 146 valence electrons. The van der Waals surface area contributed by atoms with E-state index in [1.807, 2.05) is 30.6 Å². The number of benzene rings is 1. The third kappa shape index (κ3) is 3.03. The summed E-state index contributed by atoms with van der Waals surface area (Å²) < 4.78 is 1.66. The number of hydrogen-bond donors (Lipinski definition) is 1. The van der Waals surface area contributed by atoms with Crippen molar-refractivity contribution in [2.75, 3.05) is 11.4 Å². The average molecular weight is 384 g/mol. The van der Waals surface area contributed by atoms with Crippen molar-refractivity contribution >= 4 is 17.0 Å². The van der Waals surface area contributed by atoms with Gasteiger partial charge in [-0.05, 0) is 60.7 Å². The number of rotatable bonds is 5. The van der Waals surface area contributed by atoms with Crippen LogP contribution in [0.3, 0.4) is 0 Å². The van der Waals surface area contributed by atoms with E-state index in [9.17, 15) is 4.79 Å². The molecule has 0 saturated carbocycles. The van der Waals surface area contributed by atoms with Gasteiger partial charge >= 0.3 is 0 Å². The summed E-state index contributed by atoms with van der Waals surface area (Å²) in [5.41, 5.74) is 7.02. The molecule has 1 N–H and O–H groups in total. The number of unbranched alkanes of at least 4 members (excludes halogenated alkanes) is 1. The summed E-state index contributed by atoms with van der Waals surface area (Å²) in [4.78, 5) is 23.7. The predicted octanol–water partition coefficient (Wildman–Crippen LogP) is 4.73. The Morgan fingerprint density at radius 2 is 2.10 bits per heavy atom. The van der Waals surface area contributed by atoms with Crippen LogP contribution < -0.4 is 10.5 Å². The van der Waals surface area contributed by atoms with E-state index in [2.05, 4.69) is 41.1 Å². The zero-order chi connectivity index (χ0) is 19.8. The van der Waals surface area contributed by atoms with Crippen molar-refractivity contribution in [3.05, 3.63) is 82.7 Å². The molecule has 4 heterocycles. The van der Waals surface area contributed by atoms with Crippen LogP contribution in [0.1, 0.15) is 31.0 Å². The number of pyridine rings is 1. The van der Waals surface area contributed by atoms with Crippen LogP contribution in [0.2, 0.25) is 0 Å². The maximum atomic E-state index is 13.4. The Balaban J connectivity index is 1.64. The van der Waals surface area contributed by atoms with Gasteiger partial charge in [0.15, 0.2) is 0 Å². The number of aromatic nitrogens is 3. The maximum Gasteiger partial charge on any atom is 0.265 e. The van der Waals surface area contributed by atoms with Gasteiger partial charge in [-0.25, -0.2) is 4.98 Å². The van der Waals surface area contributed by atoms with E-state index in [0.717, 1.165) is 49.0 Å². The highest BCUT2D eigenvalue weighted by atomic mass is 16.1. The van der Waals surface area contributed by atoms with Crippen molar-refractivity contribution in [3.8, 4) is 11.1 Å². The third-order valence-corrected chi connectivity index (χ3v) is 5.73. The first-order valence-electron chi connectivity index (χ1n) is 10.3. The van der Waals surface area contributed by atoms with Crippen LogP contribution >= 0.6 is 0 Å². The standard InChI is InChI=1S/C24H24N4O/c1-2-3-6-20-23(24(29)28-13-5-4-7-22(28)26-20)18-8-9-21-17(15-18)11-14-27(21)19-10-12-25-16-19/h4-5,7-10,12-13,15-16,25H,2-3,6,11,14H2,1H3. The lowest BCUT2D eigenvalue weighted by Crippen LogP contribution is -2.20.